The average molecular weight is 429 g/mol. The number of benzene rings is 2. The van der Waals surface area contributed by atoms with E-state index in [0.29, 0.717) is 23.1 Å². The molecule has 0 fully saturated rings. The van der Waals surface area contributed by atoms with Crippen molar-refractivity contribution in [3.8, 4) is 55.5 Å². The van der Waals surface area contributed by atoms with Gasteiger partial charge in [0.1, 0.15) is 21.5 Å². The lowest BCUT2D eigenvalue weighted by Gasteiger charge is -2.04. The molecule has 5 rings (SSSR count). The molecule has 0 atom stereocenters. The minimum absolute atomic E-state index is 0.0969. The Bertz CT molecular complexity index is 1330. The first kappa shape index (κ1) is 18.9. The number of hydrogen-bond donors (Lipinski definition) is 1. The van der Waals surface area contributed by atoms with Crippen LogP contribution in [0.25, 0.3) is 44.1 Å². The number of rotatable bonds is 5. The quantitative estimate of drug-likeness (QED) is 0.428. The second-order valence-electron chi connectivity index (χ2n) is 6.52. The molecule has 0 bridgehead atoms. The molecule has 0 spiro atoms. The lowest BCUT2D eigenvalue weighted by atomic mass is 10.1. The minimum atomic E-state index is 0.0969. The Morgan fingerprint density at radius 2 is 1.42 bits per heavy atom. The molecule has 5 aromatic rings. The van der Waals surface area contributed by atoms with Gasteiger partial charge in [0.15, 0.2) is 0 Å². The normalized spacial score (nSPS) is 10.9. The molecule has 3 aromatic heterocycles. The van der Waals surface area contributed by atoms with Gasteiger partial charge >= 0.3 is 0 Å². The van der Waals surface area contributed by atoms with E-state index in [-0.39, 0.29) is 5.75 Å². The van der Waals surface area contributed by atoms with Crippen molar-refractivity contribution < 1.29 is 14.3 Å². The highest BCUT2D eigenvalue weighted by Gasteiger charge is 2.16. The third-order valence-electron chi connectivity index (χ3n) is 4.57. The number of aromatic nitrogens is 5. The van der Waals surface area contributed by atoms with Crippen molar-refractivity contribution in [2.45, 2.75) is 0 Å². The highest BCUT2D eigenvalue weighted by molar-refractivity contribution is 7.17. The van der Waals surface area contributed by atoms with Gasteiger partial charge in [-0.1, -0.05) is 23.5 Å². The predicted molar refractivity (Wildman–Crippen MR) is 116 cm³/mol. The number of ether oxygens (including phenoxy) is 1. The zero-order chi connectivity index (χ0) is 21.2. The first-order valence-corrected chi connectivity index (χ1v) is 10.1. The SMILES string of the molecule is COc1cc(O)ccc1-c1nnc(-c2ccc(-c3nnc(-c4ccncc4)s3)cc2)o1. The van der Waals surface area contributed by atoms with Gasteiger partial charge in [0, 0.05) is 35.2 Å². The summed E-state index contributed by atoms with van der Waals surface area (Å²) in [7, 11) is 1.52. The second kappa shape index (κ2) is 7.96. The molecule has 2 aromatic carbocycles. The number of pyridine rings is 1. The topological polar surface area (TPSA) is 107 Å². The van der Waals surface area contributed by atoms with Crippen LogP contribution in [0.15, 0.2) is 71.4 Å². The van der Waals surface area contributed by atoms with Gasteiger partial charge in [0.25, 0.3) is 5.89 Å². The molecule has 0 radical (unpaired) electrons. The van der Waals surface area contributed by atoms with Gasteiger partial charge in [0.2, 0.25) is 5.89 Å². The van der Waals surface area contributed by atoms with E-state index in [1.54, 1.807) is 24.5 Å². The number of hydrogen-bond acceptors (Lipinski definition) is 9. The molecule has 1 N–H and O–H groups in total. The monoisotopic (exact) mass is 429 g/mol. The van der Waals surface area contributed by atoms with Crippen LogP contribution in [0.2, 0.25) is 0 Å². The fraction of sp³-hybridized carbons (Fsp3) is 0.0455. The van der Waals surface area contributed by atoms with Crippen LogP contribution in [0.3, 0.4) is 0 Å². The predicted octanol–water partition coefficient (Wildman–Crippen LogP) is 4.70. The molecule has 0 saturated carbocycles. The largest absolute Gasteiger partial charge is 0.508 e. The van der Waals surface area contributed by atoms with Crippen LogP contribution in [0.4, 0.5) is 0 Å². The Morgan fingerprint density at radius 1 is 0.774 bits per heavy atom. The maximum atomic E-state index is 9.63. The van der Waals surface area contributed by atoms with E-state index in [1.807, 2.05) is 36.4 Å². The fourth-order valence-electron chi connectivity index (χ4n) is 3.01. The molecule has 3 heterocycles. The van der Waals surface area contributed by atoms with Crippen LogP contribution >= 0.6 is 11.3 Å². The molecule has 9 heteroatoms. The summed E-state index contributed by atoms with van der Waals surface area (Å²) in [6, 6.07) is 16.2. The third-order valence-corrected chi connectivity index (χ3v) is 5.59. The first-order chi connectivity index (χ1) is 15.2. The van der Waals surface area contributed by atoms with Crippen molar-refractivity contribution >= 4 is 11.3 Å². The lowest BCUT2D eigenvalue weighted by Crippen LogP contribution is -1.87. The summed E-state index contributed by atoms with van der Waals surface area (Å²) in [5, 5.41) is 28.1. The van der Waals surface area contributed by atoms with E-state index in [9.17, 15) is 5.11 Å². The maximum Gasteiger partial charge on any atom is 0.251 e. The van der Waals surface area contributed by atoms with Crippen LogP contribution in [0.5, 0.6) is 11.5 Å². The van der Waals surface area contributed by atoms with E-state index in [1.165, 1.54) is 24.5 Å². The lowest BCUT2D eigenvalue weighted by molar-refractivity contribution is 0.407. The number of methoxy groups -OCH3 is 1. The van der Waals surface area contributed by atoms with Gasteiger partial charge in [-0.05, 0) is 36.4 Å². The molecule has 152 valence electrons. The van der Waals surface area contributed by atoms with Crippen molar-refractivity contribution in [3.05, 3.63) is 67.0 Å². The summed E-state index contributed by atoms with van der Waals surface area (Å²) in [4.78, 5) is 4.03. The van der Waals surface area contributed by atoms with Gasteiger partial charge in [-0.3, -0.25) is 4.98 Å². The first-order valence-electron chi connectivity index (χ1n) is 9.27. The van der Waals surface area contributed by atoms with Crippen LogP contribution in [0.1, 0.15) is 0 Å². The summed E-state index contributed by atoms with van der Waals surface area (Å²) in [6.45, 7) is 0. The van der Waals surface area contributed by atoms with Crippen LogP contribution < -0.4 is 4.74 Å². The van der Waals surface area contributed by atoms with Crippen molar-refractivity contribution in [1.29, 1.82) is 0 Å². The Balaban J connectivity index is 1.40. The third kappa shape index (κ3) is 3.74. The van der Waals surface area contributed by atoms with Crippen molar-refractivity contribution in [2.24, 2.45) is 0 Å². The molecule has 8 nitrogen and oxygen atoms in total. The molecule has 0 amide bonds. The fourth-order valence-corrected chi connectivity index (χ4v) is 3.87. The van der Waals surface area contributed by atoms with E-state index < -0.39 is 0 Å². The van der Waals surface area contributed by atoms with Crippen LogP contribution in [0, 0.1) is 0 Å². The van der Waals surface area contributed by atoms with Crippen molar-refractivity contribution in [2.75, 3.05) is 7.11 Å². The standard InChI is InChI=1S/C22H15N5O3S/c1-29-18-12-16(28)6-7-17(18)20-25-24-19(30-20)13-2-4-14(5-3-13)21-26-27-22(31-21)15-8-10-23-11-9-15/h2-12,28H,1H3. The smallest absolute Gasteiger partial charge is 0.251 e. The van der Waals surface area contributed by atoms with Crippen molar-refractivity contribution in [1.82, 2.24) is 25.4 Å². The summed E-state index contributed by atoms with van der Waals surface area (Å²) < 4.78 is 11.1. The van der Waals surface area contributed by atoms with E-state index in [2.05, 4.69) is 25.4 Å². The molecule has 31 heavy (non-hydrogen) atoms. The van der Waals surface area contributed by atoms with E-state index in [4.69, 9.17) is 9.15 Å². The number of aromatic hydroxyl groups is 1. The Hall–Kier alpha value is -4.11. The Kier molecular flexibility index (Phi) is 4.85. The molecule has 0 unspecified atom stereocenters. The number of nitrogens with zero attached hydrogens (tertiary/aromatic N) is 5. The van der Waals surface area contributed by atoms with Crippen LogP contribution in [-0.2, 0) is 0 Å². The van der Waals surface area contributed by atoms with Gasteiger partial charge in [-0.25, -0.2) is 0 Å². The van der Waals surface area contributed by atoms with Gasteiger partial charge in [-0.2, -0.15) is 0 Å². The molecule has 0 aliphatic heterocycles. The Labute approximate surface area is 180 Å². The maximum absolute atomic E-state index is 9.63. The van der Waals surface area contributed by atoms with E-state index in [0.717, 1.165) is 26.7 Å². The molecular formula is C22H15N5O3S. The highest BCUT2D eigenvalue weighted by atomic mass is 32.1. The molecule has 0 saturated heterocycles. The zero-order valence-electron chi connectivity index (χ0n) is 16.3. The van der Waals surface area contributed by atoms with Crippen molar-refractivity contribution in [3.63, 3.8) is 0 Å². The number of phenolic OH excluding ortho intramolecular Hbond substituents is 1. The summed E-state index contributed by atoms with van der Waals surface area (Å²) in [5.74, 6) is 1.24. The summed E-state index contributed by atoms with van der Waals surface area (Å²) in [6.07, 6.45) is 3.47. The molecule has 0 aliphatic rings. The minimum Gasteiger partial charge on any atom is -0.508 e. The van der Waals surface area contributed by atoms with E-state index >= 15 is 0 Å². The highest BCUT2D eigenvalue weighted by Crippen LogP contribution is 2.34. The zero-order valence-corrected chi connectivity index (χ0v) is 17.1. The van der Waals surface area contributed by atoms with Gasteiger partial charge < -0.3 is 14.3 Å². The van der Waals surface area contributed by atoms with Gasteiger partial charge in [-0.15, -0.1) is 20.4 Å². The average Bonchev–Trinajstić information content (AvgIpc) is 3.50. The Morgan fingerprint density at radius 3 is 2.13 bits per heavy atom. The van der Waals surface area contributed by atoms with Gasteiger partial charge in [0.05, 0.1) is 12.7 Å². The second-order valence-corrected chi connectivity index (χ2v) is 7.50. The van der Waals surface area contributed by atoms with Crippen LogP contribution in [-0.4, -0.2) is 37.6 Å². The summed E-state index contributed by atoms with van der Waals surface area (Å²) in [5.41, 5.74) is 3.31. The molecular weight excluding hydrogens is 414 g/mol. The molecule has 0 aliphatic carbocycles. The number of phenols is 1. The summed E-state index contributed by atoms with van der Waals surface area (Å²) >= 11 is 1.51.